The molecule has 120 valence electrons. The summed E-state index contributed by atoms with van der Waals surface area (Å²) in [6.07, 6.45) is 1.34. The van der Waals surface area contributed by atoms with Crippen LogP contribution in [0.25, 0.3) is 0 Å². The number of nitrogen functional groups attached to an aromatic ring is 1. The van der Waals surface area contributed by atoms with Gasteiger partial charge in [-0.15, -0.1) is 0 Å². The molecule has 0 aliphatic heterocycles. The Hall–Kier alpha value is -2.80. The average molecular weight is 336 g/mol. The minimum Gasteiger partial charge on any atom is -0.480 e. The standard InChI is InChI=1S/C15H14ClN3O4/c1-8(15(22)23)19-6-2-3-12(14(19)21)18-13(20)9-4-5-11(17)10(16)7-9/h2-8H,17H2,1H3,(H,18,20)(H,22,23). The zero-order chi connectivity index (χ0) is 17.1. The average Bonchev–Trinajstić information content (AvgIpc) is 2.51. The van der Waals surface area contributed by atoms with Crippen molar-refractivity contribution in [3.8, 4) is 0 Å². The fourth-order valence-electron chi connectivity index (χ4n) is 1.89. The highest BCUT2D eigenvalue weighted by molar-refractivity contribution is 6.33. The number of carboxylic acid groups (broad SMARTS) is 1. The molecule has 1 atom stereocenters. The van der Waals surface area contributed by atoms with Crippen LogP contribution in [0, 0.1) is 0 Å². The van der Waals surface area contributed by atoms with Crippen molar-refractivity contribution < 1.29 is 14.7 Å². The van der Waals surface area contributed by atoms with Crippen molar-refractivity contribution in [2.75, 3.05) is 11.1 Å². The first kappa shape index (κ1) is 16.6. The number of carbonyl (C=O) groups is 2. The molecule has 8 heteroatoms. The number of pyridine rings is 1. The van der Waals surface area contributed by atoms with Crippen molar-refractivity contribution >= 4 is 34.9 Å². The molecule has 1 heterocycles. The van der Waals surface area contributed by atoms with Gasteiger partial charge in [-0.05, 0) is 37.3 Å². The molecule has 0 fully saturated rings. The lowest BCUT2D eigenvalue weighted by Crippen LogP contribution is -2.30. The van der Waals surface area contributed by atoms with Crippen LogP contribution in [0.3, 0.4) is 0 Å². The van der Waals surface area contributed by atoms with Gasteiger partial charge in [0.2, 0.25) is 0 Å². The second-order valence-corrected chi connectivity index (χ2v) is 5.25. The predicted octanol–water partition coefficient (Wildman–Crippen LogP) is 1.98. The minimum absolute atomic E-state index is 0.0291. The van der Waals surface area contributed by atoms with Gasteiger partial charge in [-0.2, -0.15) is 0 Å². The molecule has 1 unspecified atom stereocenters. The maximum Gasteiger partial charge on any atom is 0.326 e. The number of nitrogens with one attached hydrogen (secondary N) is 1. The quantitative estimate of drug-likeness (QED) is 0.739. The summed E-state index contributed by atoms with van der Waals surface area (Å²) in [6.45, 7) is 1.37. The van der Waals surface area contributed by atoms with Crippen molar-refractivity contribution in [3.63, 3.8) is 0 Å². The molecule has 7 nitrogen and oxygen atoms in total. The van der Waals surface area contributed by atoms with E-state index in [0.29, 0.717) is 5.69 Å². The number of benzene rings is 1. The number of nitrogens with zero attached hydrogens (tertiary/aromatic N) is 1. The van der Waals surface area contributed by atoms with Gasteiger partial charge in [-0.1, -0.05) is 11.6 Å². The highest BCUT2D eigenvalue weighted by atomic mass is 35.5. The number of aliphatic carboxylic acids is 1. The molecule has 0 saturated heterocycles. The third-order valence-corrected chi connectivity index (χ3v) is 3.59. The Labute approximate surface area is 136 Å². The molecule has 0 radical (unpaired) electrons. The molecule has 1 amide bonds. The van der Waals surface area contributed by atoms with Gasteiger partial charge >= 0.3 is 5.97 Å². The van der Waals surface area contributed by atoms with E-state index >= 15 is 0 Å². The van der Waals surface area contributed by atoms with Crippen LogP contribution < -0.4 is 16.6 Å². The largest absolute Gasteiger partial charge is 0.480 e. The van der Waals surface area contributed by atoms with Gasteiger partial charge in [0.15, 0.2) is 0 Å². The fraction of sp³-hybridized carbons (Fsp3) is 0.133. The van der Waals surface area contributed by atoms with Gasteiger partial charge < -0.3 is 16.2 Å². The third-order valence-electron chi connectivity index (χ3n) is 3.26. The number of aromatic nitrogens is 1. The molecule has 0 bridgehead atoms. The normalized spacial score (nSPS) is 11.7. The van der Waals surface area contributed by atoms with Gasteiger partial charge in [0.1, 0.15) is 11.7 Å². The Morgan fingerprint density at radius 1 is 1.35 bits per heavy atom. The molecule has 0 spiro atoms. The first-order chi connectivity index (χ1) is 10.8. The van der Waals surface area contributed by atoms with Crippen LogP contribution in [0.5, 0.6) is 0 Å². The third kappa shape index (κ3) is 3.51. The highest BCUT2D eigenvalue weighted by Gasteiger charge is 2.17. The van der Waals surface area contributed by atoms with Crippen LogP contribution in [0.1, 0.15) is 23.3 Å². The number of carboxylic acids is 1. The lowest BCUT2D eigenvalue weighted by molar-refractivity contribution is -0.140. The maximum absolute atomic E-state index is 12.2. The monoisotopic (exact) mass is 335 g/mol. The summed E-state index contributed by atoms with van der Waals surface area (Å²) < 4.78 is 1.02. The molecule has 1 aromatic heterocycles. The molecule has 23 heavy (non-hydrogen) atoms. The number of anilines is 2. The van der Waals surface area contributed by atoms with E-state index in [2.05, 4.69) is 5.32 Å². The van der Waals surface area contributed by atoms with Crippen LogP contribution in [0.4, 0.5) is 11.4 Å². The van der Waals surface area contributed by atoms with E-state index in [1.165, 1.54) is 43.5 Å². The number of hydrogen-bond acceptors (Lipinski definition) is 4. The second kappa shape index (κ2) is 6.53. The van der Waals surface area contributed by atoms with Gasteiger partial charge in [-0.25, -0.2) is 4.79 Å². The van der Waals surface area contributed by atoms with E-state index in [1.54, 1.807) is 0 Å². The van der Waals surface area contributed by atoms with E-state index in [1.807, 2.05) is 0 Å². The van der Waals surface area contributed by atoms with Gasteiger partial charge in [0, 0.05) is 11.8 Å². The van der Waals surface area contributed by atoms with Gasteiger partial charge in [-0.3, -0.25) is 14.2 Å². The summed E-state index contributed by atoms with van der Waals surface area (Å²) in [7, 11) is 0. The number of nitrogens with two attached hydrogens (primary N) is 1. The summed E-state index contributed by atoms with van der Waals surface area (Å²) >= 11 is 5.86. The number of hydrogen-bond donors (Lipinski definition) is 3. The molecular formula is C15H14ClN3O4. The topological polar surface area (TPSA) is 114 Å². The highest BCUT2D eigenvalue weighted by Crippen LogP contribution is 2.20. The van der Waals surface area contributed by atoms with Crippen LogP contribution in [0.2, 0.25) is 5.02 Å². The van der Waals surface area contributed by atoms with Crippen LogP contribution in [-0.2, 0) is 4.79 Å². The maximum atomic E-state index is 12.2. The molecule has 0 aliphatic rings. The number of amides is 1. The van der Waals surface area contributed by atoms with E-state index < -0.39 is 23.5 Å². The first-order valence-corrected chi connectivity index (χ1v) is 6.99. The Balaban J connectivity index is 2.31. The zero-order valence-corrected chi connectivity index (χ0v) is 12.9. The Morgan fingerprint density at radius 3 is 2.65 bits per heavy atom. The van der Waals surface area contributed by atoms with Crippen LogP contribution in [0.15, 0.2) is 41.3 Å². The van der Waals surface area contributed by atoms with Crippen molar-refractivity contribution in [1.29, 1.82) is 0 Å². The fourth-order valence-corrected chi connectivity index (χ4v) is 2.07. The van der Waals surface area contributed by atoms with Crippen LogP contribution in [-0.4, -0.2) is 21.6 Å². The zero-order valence-electron chi connectivity index (χ0n) is 12.1. The van der Waals surface area contributed by atoms with Crippen molar-refractivity contribution in [2.45, 2.75) is 13.0 Å². The molecule has 2 aromatic rings. The number of carbonyl (C=O) groups excluding carboxylic acids is 1. The smallest absolute Gasteiger partial charge is 0.326 e. The second-order valence-electron chi connectivity index (χ2n) is 4.84. The van der Waals surface area contributed by atoms with E-state index in [9.17, 15) is 14.4 Å². The molecule has 2 rings (SSSR count). The van der Waals surface area contributed by atoms with Gasteiger partial charge in [0.25, 0.3) is 11.5 Å². The lowest BCUT2D eigenvalue weighted by Gasteiger charge is -2.12. The van der Waals surface area contributed by atoms with E-state index in [-0.39, 0.29) is 16.3 Å². The van der Waals surface area contributed by atoms with E-state index in [4.69, 9.17) is 22.4 Å². The molecule has 0 saturated carbocycles. The van der Waals surface area contributed by atoms with Crippen molar-refractivity contribution in [3.05, 3.63) is 57.5 Å². The molecular weight excluding hydrogens is 322 g/mol. The molecule has 1 aromatic carbocycles. The van der Waals surface area contributed by atoms with Crippen molar-refractivity contribution in [1.82, 2.24) is 4.57 Å². The summed E-state index contributed by atoms with van der Waals surface area (Å²) in [5.41, 5.74) is 5.49. The Bertz CT molecular complexity index is 832. The summed E-state index contributed by atoms with van der Waals surface area (Å²) in [6, 6.07) is 6.15. The minimum atomic E-state index is -1.15. The predicted molar refractivity (Wildman–Crippen MR) is 86.9 cm³/mol. The molecule has 0 aliphatic carbocycles. The molecule has 4 N–H and O–H groups in total. The summed E-state index contributed by atoms with van der Waals surface area (Å²) in [5, 5.41) is 11.7. The van der Waals surface area contributed by atoms with Gasteiger partial charge in [0.05, 0.1) is 10.7 Å². The SMILES string of the molecule is CC(C(=O)O)n1cccc(NC(=O)c2ccc(N)c(Cl)c2)c1=O. The Kier molecular flexibility index (Phi) is 4.71. The summed E-state index contributed by atoms with van der Waals surface area (Å²) in [5.74, 6) is -1.70. The number of rotatable bonds is 4. The number of halogens is 1. The van der Waals surface area contributed by atoms with Crippen LogP contribution >= 0.6 is 11.6 Å². The Morgan fingerprint density at radius 2 is 2.04 bits per heavy atom. The van der Waals surface area contributed by atoms with Crippen molar-refractivity contribution in [2.24, 2.45) is 0 Å². The summed E-state index contributed by atoms with van der Waals surface area (Å²) in [4.78, 5) is 35.4. The van der Waals surface area contributed by atoms with E-state index in [0.717, 1.165) is 4.57 Å². The first-order valence-electron chi connectivity index (χ1n) is 6.61. The lowest BCUT2D eigenvalue weighted by atomic mass is 10.2.